The number of amides is 1. The fraction of sp³-hybridized carbons (Fsp3) is 0.444. The molecule has 0 aliphatic carbocycles. The number of piperazine rings is 1. The SMILES string of the molecule is Cc1cc(CN2CCN(CC(=O)Nc3ccc(C)c(Br)c3)CC2)no1. The molecule has 3 rings (SSSR count). The van der Waals surface area contributed by atoms with Crippen LogP contribution in [0.2, 0.25) is 0 Å². The standard InChI is InChI=1S/C18H23BrN4O2/c1-13-3-4-15(10-17(13)19)20-18(24)12-23-7-5-22(6-8-23)11-16-9-14(2)25-21-16/h3-4,9-10H,5-8,11-12H2,1-2H3,(H,20,24). The maximum absolute atomic E-state index is 12.2. The molecule has 1 amide bonds. The highest BCUT2D eigenvalue weighted by Gasteiger charge is 2.20. The molecule has 0 atom stereocenters. The molecule has 1 aromatic carbocycles. The summed E-state index contributed by atoms with van der Waals surface area (Å²) in [4.78, 5) is 16.8. The number of carbonyl (C=O) groups is 1. The number of nitrogens with zero attached hydrogens (tertiary/aromatic N) is 3. The van der Waals surface area contributed by atoms with Gasteiger partial charge in [0.15, 0.2) is 0 Å². The molecule has 1 aliphatic heterocycles. The summed E-state index contributed by atoms with van der Waals surface area (Å²) in [5.74, 6) is 0.865. The normalized spacial score (nSPS) is 16.1. The fourth-order valence-corrected chi connectivity index (χ4v) is 3.28. The molecular weight excluding hydrogens is 384 g/mol. The first-order chi connectivity index (χ1) is 12.0. The van der Waals surface area contributed by atoms with Gasteiger partial charge in [0.25, 0.3) is 0 Å². The van der Waals surface area contributed by atoms with Crippen LogP contribution in [0.1, 0.15) is 17.0 Å². The minimum absolute atomic E-state index is 0.0244. The van der Waals surface area contributed by atoms with Crippen LogP contribution in [-0.4, -0.2) is 53.6 Å². The predicted octanol–water partition coefficient (Wildman–Crippen LogP) is 2.81. The van der Waals surface area contributed by atoms with Gasteiger partial charge in [0.05, 0.1) is 12.2 Å². The zero-order chi connectivity index (χ0) is 17.8. The van der Waals surface area contributed by atoms with E-state index in [0.29, 0.717) is 6.54 Å². The molecule has 134 valence electrons. The number of halogens is 1. The van der Waals surface area contributed by atoms with Gasteiger partial charge in [-0.3, -0.25) is 14.6 Å². The van der Waals surface area contributed by atoms with Gasteiger partial charge in [-0.2, -0.15) is 0 Å². The van der Waals surface area contributed by atoms with Crippen LogP contribution in [-0.2, 0) is 11.3 Å². The number of hydrogen-bond donors (Lipinski definition) is 1. The molecule has 0 unspecified atom stereocenters. The zero-order valence-electron chi connectivity index (χ0n) is 14.6. The second-order valence-electron chi connectivity index (χ2n) is 6.49. The highest BCUT2D eigenvalue weighted by atomic mass is 79.9. The average Bonchev–Trinajstić information content (AvgIpc) is 2.98. The molecule has 1 N–H and O–H groups in total. The maximum atomic E-state index is 12.2. The van der Waals surface area contributed by atoms with Crippen LogP contribution >= 0.6 is 15.9 Å². The summed E-state index contributed by atoms with van der Waals surface area (Å²) in [5, 5.41) is 7.00. The Morgan fingerprint density at radius 2 is 1.92 bits per heavy atom. The zero-order valence-corrected chi connectivity index (χ0v) is 16.2. The van der Waals surface area contributed by atoms with Gasteiger partial charge in [0, 0.05) is 49.0 Å². The van der Waals surface area contributed by atoms with Crippen LogP contribution in [0.25, 0.3) is 0 Å². The lowest BCUT2D eigenvalue weighted by Gasteiger charge is -2.33. The topological polar surface area (TPSA) is 61.6 Å². The van der Waals surface area contributed by atoms with E-state index in [4.69, 9.17) is 4.52 Å². The first-order valence-electron chi connectivity index (χ1n) is 8.42. The minimum atomic E-state index is 0.0244. The van der Waals surface area contributed by atoms with Gasteiger partial charge in [0.1, 0.15) is 5.76 Å². The number of benzene rings is 1. The van der Waals surface area contributed by atoms with Gasteiger partial charge >= 0.3 is 0 Å². The molecule has 6 nitrogen and oxygen atoms in total. The van der Waals surface area contributed by atoms with Gasteiger partial charge in [-0.15, -0.1) is 0 Å². The Labute approximate surface area is 156 Å². The minimum Gasteiger partial charge on any atom is -0.361 e. The number of nitrogens with one attached hydrogen (secondary N) is 1. The van der Waals surface area contributed by atoms with Crippen LogP contribution in [0.15, 0.2) is 33.3 Å². The third-order valence-electron chi connectivity index (χ3n) is 4.35. The Bertz CT molecular complexity index is 738. The van der Waals surface area contributed by atoms with E-state index in [9.17, 15) is 4.79 Å². The number of aromatic nitrogens is 1. The summed E-state index contributed by atoms with van der Waals surface area (Å²) in [6.45, 7) is 8.75. The Balaban J connectivity index is 1.43. The molecule has 0 bridgehead atoms. The molecule has 0 radical (unpaired) electrons. The van der Waals surface area contributed by atoms with Crippen LogP contribution in [0.4, 0.5) is 5.69 Å². The van der Waals surface area contributed by atoms with Crippen molar-refractivity contribution in [3.05, 3.63) is 45.8 Å². The van der Waals surface area contributed by atoms with Crippen molar-refractivity contribution in [1.82, 2.24) is 15.0 Å². The molecule has 1 saturated heterocycles. The van der Waals surface area contributed by atoms with Gasteiger partial charge in [-0.1, -0.05) is 27.2 Å². The Morgan fingerprint density at radius 1 is 1.20 bits per heavy atom. The number of hydrogen-bond acceptors (Lipinski definition) is 5. The Morgan fingerprint density at radius 3 is 2.56 bits per heavy atom. The third kappa shape index (κ3) is 5.14. The fourth-order valence-electron chi connectivity index (χ4n) is 2.90. The molecule has 25 heavy (non-hydrogen) atoms. The molecule has 1 fully saturated rings. The summed E-state index contributed by atoms with van der Waals surface area (Å²) < 4.78 is 6.11. The smallest absolute Gasteiger partial charge is 0.238 e. The Kier molecular flexibility index (Phi) is 5.88. The number of carbonyl (C=O) groups excluding carboxylic acids is 1. The highest BCUT2D eigenvalue weighted by Crippen LogP contribution is 2.20. The van der Waals surface area contributed by atoms with E-state index in [1.54, 1.807) is 0 Å². The first-order valence-corrected chi connectivity index (χ1v) is 9.22. The van der Waals surface area contributed by atoms with E-state index >= 15 is 0 Å². The second kappa shape index (κ2) is 8.12. The van der Waals surface area contributed by atoms with E-state index in [1.807, 2.05) is 38.1 Å². The molecule has 7 heteroatoms. The highest BCUT2D eigenvalue weighted by molar-refractivity contribution is 9.10. The quantitative estimate of drug-likeness (QED) is 0.826. The lowest BCUT2D eigenvalue weighted by molar-refractivity contribution is -0.117. The van der Waals surface area contributed by atoms with Crippen molar-refractivity contribution in [2.24, 2.45) is 0 Å². The van der Waals surface area contributed by atoms with Crippen LogP contribution in [0.3, 0.4) is 0 Å². The largest absolute Gasteiger partial charge is 0.361 e. The van der Waals surface area contributed by atoms with Crippen molar-refractivity contribution >= 4 is 27.5 Å². The molecule has 1 aromatic heterocycles. The maximum Gasteiger partial charge on any atom is 0.238 e. The van der Waals surface area contributed by atoms with Crippen molar-refractivity contribution in [1.29, 1.82) is 0 Å². The number of rotatable bonds is 5. The van der Waals surface area contributed by atoms with Crippen molar-refractivity contribution < 1.29 is 9.32 Å². The summed E-state index contributed by atoms with van der Waals surface area (Å²) in [7, 11) is 0. The van der Waals surface area contributed by atoms with Gasteiger partial charge in [-0.05, 0) is 31.5 Å². The van der Waals surface area contributed by atoms with E-state index < -0.39 is 0 Å². The van der Waals surface area contributed by atoms with Crippen molar-refractivity contribution in [3.8, 4) is 0 Å². The van der Waals surface area contributed by atoms with Crippen LogP contribution in [0.5, 0.6) is 0 Å². The summed E-state index contributed by atoms with van der Waals surface area (Å²) >= 11 is 3.49. The molecule has 0 spiro atoms. The third-order valence-corrected chi connectivity index (χ3v) is 5.20. The van der Waals surface area contributed by atoms with E-state index in [1.165, 1.54) is 0 Å². The second-order valence-corrected chi connectivity index (χ2v) is 7.35. The lowest BCUT2D eigenvalue weighted by Crippen LogP contribution is -2.48. The Hall–Kier alpha value is -1.70. The molecule has 2 heterocycles. The molecule has 2 aromatic rings. The first kappa shape index (κ1) is 18.1. The number of anilines is 1. The molecule has 1 aliphatic rings. The van der Waals surface area contributed by atoms with Gasteiger partial charge in [0.2, 0.25) is 5.91 Å². The molecule has 0 saturated carbocycles. The van der Waals surface area contributed by atoms with Crippen molar-refractivity contribution in [2.45, 2.75) is 20.4 Å². The van der Waals surface area contributed by atoms with E-state index in [-0.39, 0.29) is 5.91 Å². The molecular formula is C18H23BrN4O2. The van der Waals surface area contributed by atoms with Gasteiger partial charge < -0.3 is 9.84 Å². The predicted molar refractivity (Wildman–Crippen MR) is 100 cm³/mol. The van der Waals surface area contributed by atoms with Gasteiger partial charge in [-0.25, -0.2) is 0 Å². The monoisotopic (exact) mass is 406 g/mol. The van der Waals surface area contributed by atoms with Crippen molar-refractivity contribution in [2.75, 3.05) is 38.0 Å². The van der Waals surface area contributed by atoms with Crippen molar-refractivity contribution in [3.63, 3.8) is 0 Å². The number of aryl methyl sites for hydroxylation is 2. The van der Waals surface area contributed by atoms with E-state index in [0.717, 1.165) is 59.9 Å². The van der Waals surface area contributed by atoms with Crippen LogP contribution in [0, 0.1) is 13.8 Å². The lowest BCUT2D eigenvalue weighted by atomic mass is 10.2. The average molecular weight is 407 g/mol. The summed E-state index contributed by atoms with van der Waals surface area (Å²) in [6.07, 6.45) is 0. The summed E-state index contributed by atoms with van der Waals surface area (Å²) in [6, 6.07) is 7.82. The van der Waals surface area contributed by atoms with E-state index in [2.05, 4.69) is 36.2 Å². The van der Waals surface area contributed by atoms with Crippen LogP contribution < -0.4 is 5.32 Å². The summed E-state index contributed by atoms with van der Waals surface area (Å²) in [5.41, 5.74) is 2.94.